The van der Waals surface area contributed by atoms with Gasteiger partial charge in [-0.25, -0.2) is 0 Å². The predicted octanol–water partition coefficient (Wildman–Crippen LogP) is 3.97. The number of Topliss-reactive ketones (excluding diaryl/α,β-unsaturated/α-hetero) is 2. The summed E-state index contributed by atoms with van der Waals surface area (Å²) in [7, 11) is 0. The lowest BCUT2D eigenvalue weighted by molar-refractivity contribution is -0.124. The van der Waals surface area contributed by atoms with Crippen LogP contribution >= 0.6 is 0 Å². The molecule has 0 saturated heterocycles. The van der Waals surface area contributed by atoms with Gasteiger partial charge in [-0.1, -0.05) is 37.6 Å². The van der Waals surface area contributed by atoms with Crippen molar-refractivity contribution >= 4 is 11.6 Å². The zero-order valence-corrected chi connectivity index (χ0v) is 11.7. The standard InChI is InChI=1S/C17H22O2/c1-2-13-7-9-15(10-8-13)17(19)12-11-14-5-3-4-6-16(14)18/h7-10,14H,2-6,11-12H2,1H3/t14-/m0/s1. The highest BCUT2D eigenvalue weighted by molar-refractivity contribution is 5.96. The molecule has 0 aliphatic heterocycles. The van der Waals surface area contributed by atoms with Crippen LogP contribution in [0.5, 0.6) is 0 Å². The molecule has 1 aromatic rings. The van der Waals surface area contributed by atoms with Crippen molar-refractivity contribution in [3.8, 4) is 0 Å². The number of carbonyl (C=O) groups is 2. The Morgan fingerprint density at radius 2 is 1.95 bits per heavy atom. The second-order valence-electron chi connectivity index (χ2n) is 5.42. The van der Waals surface area contributed by atoms with E-state index in [-0.39, 0.29) is 11.7 Å². The summed E-state index contributed by atoms with van der Waals surface area (Å²) in [6.07, 6.45) is 6.07. The van der Waals surface area contributed by atoms with Crippen LogP contribution in [0.4, 0.5) is 0 Å². The van der Waals surface area contributed by atoms with E-state index in [1.807, 2.05) is 24.3 Å². The lowest BCUT2D eigenvalue weighted by atomic mass is 9.84. The molecule has 0 aromatic heterocycles. The first-order valence-corrected chi connectivity index (χ1v) is 7.35. The third-order valence-corrected chi connectivity index (χ3v) is 4.09. The molecule has 0 heterocycles. The summed E-state index contributed by atoms with van der Waals surface area (Å²) >= 11 is 0. The third kappa shape index (κ3) is 3.76. The molecule has 1 fully saturated rings. The van der Waals surface area contributed by atoms with Gasteiger partial charge < -0.3 is 0 Å². The Morgan fingerprint density at radius 3 is 2.58 bits per heavy atom. The first-order valence-electron chi connectivity index (χ1n) is 7.35. The lowest BCUT2D eigenvalue weighted by Gasteiger charge is -2.19. The van der Waals surface area contributed by atoms with Gasteiger partial charge in [-0.3, -0.25) is 9.59 Å². The maximum absolute atomic E-state index is 12.1. The Bertz CT molecular complexity index is 445. The summed E-state index contributed by atoms with van der Waals surface area (Å²) in [5.41, 5.74) is 2.03. The van der Waals surface area contributed by atoms with Crippen molar-refractivity contribution in [1.82, 2.24) is 0 Å². The van der Waals surface area contributed by atoms with Gasteiger partial charge in [-0.05, 0) is 31.2 Å². The molecule has 1 aromatic carbocycles. The summed E-state index contributed by atoms with van der Waals surface area (Å²) < 4.78 is 0. The van der Waals surface area contributed by atoms with Gasteiger partial charge in [0.05, 0.1) is 0 Å². The molecule has 2 heteroatoms. The molecule has 0 bridgehead atoms. The minimum absolute atomic E-state index is 0.132. The monoisotopic (exact) mass is 258 g/mol. The SMILES string of the molecule is CCc1ccc(C(=O)CC[C@@H]2CCCCC2=O)cc1. The van der Waals surface area contributed by atoms with Gasteiger partial charge in [-0.2, -0.15) is 0 Å². The van der Waals surface area contributed by atoms with Gasteiger partial charge in [0.2, 0.25) is 0 Å². The summed E-state index contributed by atoms with van der Waals surface area (Å²) in [5.74, 6) is 0.661. The van der Waals surface area contributed by atoms with Gasteiger partial charge in [0.1, 0.15) is 5.78 Å². The molecule has 0 unspecified atom stereocenters. The normalized spacial score (nSPS) is 19.4. The van der Waals surface area contributed by atoms with E-state index in [0.717, 1.165) is 37.7 Å². The second kappa shape index (κ2) is 6.65. The van der Waals surface area contributed by atoms with E-state index in [2.05, 4.69) is 6.92 Å². The van der Waals surface area contributed by atoms with E-state index >= 15 is 0 Å². The highest BCUT2D eigenvalue weighted by atomic mass is 16.1. The van der Waals surface area contributed by atoms with Crippen molar-refractivity contribution < 1.29 is 9.59 Å². The van der Waals surface area contributed by atoms with Crippen molar-refractivity contribution in [2.45, 2.75) is 51.9 Å². The Balaban J connectivity index is 1.87. The van der Waals surface area contributed by atoms with Crippen LogP contribution in [0.1, 0.15) is 61.4 Å². The fraction of sp³-hybridized carbons (Fsp3) is 0.529. The number of benzene rings is 1. The van der Waals surface area contributed by atoms with Gasteiger partial charge in [0, 0.05) is 24.3 Å². The van der Waals surface area contributed by atoms with Crippen LogP contribution in [0.2, 0.25) is 0 Å². The number of ketones is 2. The first kappa shape index (κ1) is 14.0. The van der Waals surface area contributed by atoms with Crippen molar-refractivity contribution in [3.05, 3.63) is 35.4 Å². The summed E-state index contributed by atoms with van der Waals surface area (Å²) in [4.78, 5) is 23.8. The van der Waals surface area contributed by atoms with Crippen LogP contribution in [0.3, 0.4) is 0 Å². The molecule has 0 N–H and O–H groups in total. The van der Waals surface area contributed by atoms with Crippen LogP contribution in [-0.2, 0) is 11.2 Å². The molecule has 102 valence electrons. The fourth-order valence-electron chi connectivity index (χ4n) is 2.74. The number of rotatable bonds is 5. The van der Waals surface area contributed by atoms with E-state index < -0.39 is 0 Å². The number of hydrogen-bond acceptors (Lipinski definition) is 2. The predicted molar refractivity (Wildman–Crippen MR) is 76.3 cm³/mol. The summed E-state index contributed by atoms with van der Waals surface area (Å²) in [6.45, 7) is 2.10. The van der Waals surface area contributed by atoms with Crippen LogP contribution in [0.25, 0.3) is 0 Å². The van der Waals surface area contributed by atoms with Crippen molar-refractivity contribution in [2.75, 3.05) is 0 Å². The molecule has 0 amide bonds. The molecule has 2 nitrogen and oxygen atoms in total. The molecule has 1 saturated carbocycles. The first-order chi connectivity index (χ1) is 9.20. The van der Waals surface area contributed by atoms with Crippen molar-refractivity contribution in [3.63, 3.8) is 0 Å². The highest BCUT2D eigenvalue weighted by Gasteiger charge is 2.22. The second-order valence-corrected chi connectivity index (χ2v) is 5.42. The molecule has 0 spiro atoms. The Morgan fingerprint density at radius 1 is 1.21 bits per heavy atom. The van der Waals surface area contributed by atoms with Crippen LogP contribution in [-0.4, -0.2) is 11.6 Å². The maximum atomic E-state index is 12.1. The Labute approximate surface area is 115 Å². The minimum atomic E-state index is 0.132. The Kier molecular flexibility index (Phi) is 4.89. The number of carbonyl (C=O) groups excluding carboxylic acids is 2. The van der Waals surface area contributed by atoms with E-state index in [1.54, 1.807) is 0 Å². The number of aryl methyl sites for hydroxylation is 1. The zero-order chi connectivity index (χ0) is 13.7. The third-order valence-electron chi connectivity index (χ3n) is 4.09. The van der Waals surface area contributed by atoms with E-state index in [4.69, 9.17) is 0 Å². The lowest BCUT2D eigenvalue weighted by Crippen LogP contribution is -2.19. The topological polar surface area (TPSA) is 34.1 Å². The highest BCUT2D eigenvalue weighted by Crippen LogP contribution is 2.25. The van der Waals surface area contributed by atoms with Crippen LogP contribution < -0.4 is 0 Å². The molecule has 1 aliphatic rings. The van der Waals surface area contributed by atoms with E-state index in [0.29, 0.717) is 18.6 Å². The summed E-state index contributed by atoms with van der Waals surface area (Å²) in [5, 5.41) is 0. The molecule has 19 heavy (non-hydrogen) atoms. The molecule has 1 aliphatic carbocycles. The molecular weight excluding hydrogens is 236 g/mol. The summed E-state index contributed by atoms with van der Waals surface area (Å²) in [6, 6.07) is 7.84. The van der Waals surface area contributed by atoms with Crippen LogP contribution in [0, 0.1) is 5.92 Å². The van der Waals surface area contributed by atoms with Gasteiger partial charge in [0.25, 0.3) is 0 Å². The van der Waals surface area contributed by atoms with Gasteiger partial charge in [-0.15, -0.1) is 0 Å². The fourth-order valence-corrected chi connectivity index (χ4v) is 2.74. The van der Waals surface area contributed by atoms with E-state index in [9.17, 15) is 9.59 Å². The maximum Gasteiger partial charge on any atom is 0.162 e. The zero-order valence-electron chi connectivity index (χ0n) is 11.7. The van der Waals surface area contributed by atoms with E-state index in [1.165, 1.54) is 5.56 Å². The smallest absolute Gasteiger partial charge is 0.162 e. The Hall–Kier alpha value is -1.44. The quantitative estimate of drug-likeness (QED) is 0.749. The van der Waals surface area contributed by atoms with Crippen LogP contribution in [0.15, 0.2) is 24.3 Å². The van der Waals surface area contributed by atoms with Crippen molar-refractivity contribution in [2.24, 2.45) is 5.92 Å². The average molecular weight is 258 g/mol. The minimum Gasteiger partial charge on any atom is -0.299 e. The van der Waals surface area contributed by atoms with Gasteiger partial charge >= 0.3 is 0 Å². The largest absolute Gasteiger partial charge is 0.299 e. The molecular formula is C17H22O2. The molecule has 2 rings (SSSR count). The van der Waals surface area contributed by atoms with Gasteiger partial charge in [0.15, 0.2) is 5.78 Å². The molecule has 1 atom stereocenters. The molecule has 0 radical (unpaired) electrons. The van der Waals surface area contributed by atoms with Crippen molar-refractivity contribution in [1.29, 1.82) is 0 Å². The average Bonchev–Trinajstić information content (AvgIpc) is 2.46. The number of hydrogen-bond donors (Lipinski definition) is 0.